The van der Waals surface area contributed by atoms with Gasteiger partial charge in [-0.05, 0) is 68.4 Å². The molecule has 1 aliphatic rings. The van der Waals surface area contributed by atoms with Crippen molar-refractivity contribution in [2.75, 3.05) is 11.9 Å². The molecule has 6 nitrogen and oxygen atoms in total. The van der Waals surface area contributed by atoms with Crippen LogP contribution in [0.25, 0.3) is 0 Å². The molecular weight excluding hydrogens is 390 g/mol. The molecule has 1 unspecified atom stereocenters. The fraction of sp³-hybridized carbons (Fsp3) is 0.320. The normalized spacial score (nSPS) is 14.0. The standard InChI is InChI=1S/C25H27N3O3/c1-3-31-25(30)22-10-6-7-11-23(22)28-24(29)21(15-26)16-27-17(2)19-13-12-18-8-4-5-9-20(18)14-19/h6-7,10-14,16-17,27H,3-5,8-9H2,1-2H3,(H,28,29)/b21-16-. The van der Waals surface area contributed by atoms with Gasteiger partial charge >= 0.3 is 5.97 Å². The Morgan fingerprint density at radius 3 is 2.65 bits per heavy atom. The van der Waals surface area contributed by atoms with E-state index in [9.17, 15) is 14.9 Å². The van der Waals surface area contributed by atoms with Crippen molar-refractivity contribution >= 4 is 17.6 Å². The minimum absolute atomic E-state index is 0.0600. The number of anilines is 1. The van der Waals surface area contributed by atoms with Crippen LogP contribution in [-0.2, 0) is 22.4 Å². The zero-order chi connectivity index (χ0) is 22.2. The van der Waals surface area contributed by atoms with Crippen LogP contribution in [-0.4, -0.2) is 18.5 Å². The molecule has 0 aliphatic heterocycles. The minimum atomic E-state index is -0.593. The van der Waals surface area contributed by atoms with Crippen molar-refractivity contribution < 1.29 is 14.3 Å². The second-order valence-electron chi connectivity index (χ2n) is 7.51. The molecule has 31 heavy (non-hydrogen) atoms. The SMILES string of the molecule is CCOC(=O)c1ccccc1NC(=O)/C(C#N)=C\NC(C)c1ccc2c(c1)CCCC2. The van der Waals surface area contributed by atoms with E-state index < -0.39 is 11.9 Å². The first-order valence-corrected chi connectivity index (χ1v) is 10.6. The van der Waals surface area contributed by atoms with Crippen LogP contribution in [0.5, 0.6) is 0 Å². The fourth-order valence-electron chi connectivity index (χ4n) is 3.64. The maximum Gasteiger partial charge on any atom is 0.340 e. The van der Waals surface area contributed by atoms with Crippen LogP contribution in [0.2, 0.25) is 0 Å². The van der Waals surface area contributed by atoms with E-state index >= 15 is 0 Å². The van der Waals surface area contributed by atoms with Crippen molar-refractivity contribution in [3.05, 3.63) is 76.5 Å². The summed E-state index contributed by atoms with van der Waals surface area (Å²) in [5.41, 5.74) is 4.37. The van der Waals surface area contributed by atoms with Crippen molar-refractivity contribution in [3.8, 4) is 6.07 Å². The third-order valence-corrected chi connectivity index (χ3v) is 5.39. The van der Waals surface area contributed by atoms with Crippen molar-refractivity contribution in [1.29, 1.82) is 5.26 Å². The number of para-hydroxylation sites is 1. The summed E-state index contributed by atoms with van der Waals surface area (Å²) in [6.07, 6.45) is 6.10. The van der Waals surface area contributed by atoms with Gasteiger partial charge in [-0.15, -0.1) is 0 Å². The quantitative estimate of drug-likeness (QED) is 0.395. The van der Waals surface area contributed by atoms with Crippen LogP contribution < -0.4 is 10.6 Å². The number of aryl methyl sites for hydroxylation is 2. The summed E-state index contributed by atoms with van der Waals surface area (Å²) in [6, 6.07) is 14.9. The third-order valence-electron chi connectivity index (χ3n) is 5.39. The Hall–Kier alpha value is -3.59. The summed E-state index contributed by atoms with van der Waals surface area (Å²) in [6.45, 7) is 3.93. The number of carbonyl (C=O) groups is 2. The van der Waals surface area contributed by atoms with Gasteiger partial charge in [-0.25, -0.2) is 4.79 Å². The van der Waals surface area contributed by atoms with Gasteiger partial charge < -0.3 is 15.4 Å². The molecule has 0 heterocycles. The molecule has 1 atom stereocenters. The van der Waals surface area contributed by atoms with Gasteiger partial charge in [0, 0.05) is 12.2 Å². The number of hydrogen-bond donors (Lipinski definition) is 2. The molecule has 160 valence electrons. The molecule has 0 aromatic heterocycles. The number of rotatable bonds is 7. The summed E-state index contributed by atoms with van der Waals surface area (Å²) >= 11 is 0. The molecule has 3 rings (SSSR count). The Kier molecular flexibility index (Phi) is 7.45. The van der Waals surface area contributed by atoms with E-state index in [4.69, 9.17) is 4.74 Å². The van der Waals surface area contributed by atoms with Gasteiger partial charge in [-0.1, -0.05) is 30.3 Å². The smallest absolute Gasteiger partial charge is 0.340 e. The number of nitrogens with zero attached hydrogens (tertiary/aromatic N) is 1. The van der Waals surface area contributed by atoms with Gasteiger partial charge in [0.2, 0.25) is 0 Å². The molecule has 0 radical (unpaired) electrons. The predicted octanol–water partition coefficient (Wildman–Crippen LogP) is 4.44. The number of fused-ring (bicyclic) bond motifs is 1. The number of benzene rings is 2. The van der Waals surface area contributed by atoms with Gasteiger partial charge in [-0.2, -0.15) is 5.26 Å². The topological polar surface area (TPSA) is 91.2 Å². The molecule has 2 N–H and O–H groups in total. The Bertz CT molecular complexity index is 1040. The van der Waals surface area contributed by atoms with Crippen LogP contribution in [0.1, 0.15) is 59.8 Å². The van der Waals surface area contributed by atoms with E-state index in [2.05, 4.69) is 28.8 Å². The first-order chi connectivity index (χ1) is 15.0. The maximum absolute atomic E-state index is 12.6. The summed E-state index contributed by atoms with van der Waals surface area (Å²) in [7, 11) is 0. The van der Waals surface area contributed by atoms with Crippen LogP contribution in [0, 0.1) is 11.3 Å². The van der Waals surface area contributed by atoms with Gasteiger partial charge in [-0.3, -0.25) is 4.79 Å². The van der Waals surface area contributed by atoms with E-state index in [0.29, 0.717) is 5.69 Å². The lowest BCUT2D eigenvalue weighted by atomic mass is 9.89. The van der Waals surface area contributed by atoms with Gasteiger partial charge in [0.1, 0.15) is 11.6 Å². The van der Waals surface area contributed by atoms with E-state index in [1.807, 2.05) is 13.0 Å². The van der Waals surface area contributed by atoms with Crippen molar-refractivity contribution in [1.82, 2.24) is 5.32 Å². The van der Waals surface area contributed by atoms with E-state index in [1.54, 1.807) is 31.2 Å². The monoisotopic (exact) mass is 417 g/mol. The van der Waals surface area contributed by atoms with Gasteiger partial charge in [0.25, 0.3) is 5.91 Å². The molecule has 2 aromatic rings. The first kappa shape index (κ1) is 22.1. The molecule has 1 aliphatic carbocycles. The lowest BCUT2D eigenvalue weighted by Gasteiger charge is -2.19. The van der Waals surface area contributed by atoms with Gasteiger partial charge in [0.05, 0.1) is 17.9 Å². The fourth-order valence-corrected chi connectivity index (χ4v) is 3.64. The third kappa shape index (κ3) is 5.52. The molecule has 1 amide bonds. The van der Waals surface area contributed by atoms with Crippen molar-refractivity contribution in [2.45, 2.75) is 45.6 Å². The number of carbonyl (C=O) groups excluding carboxylic acids is 2. The molecular formula is C25H27N3O3. The molecule has 0 fully saturated rings. The van der Waals surface area contributed by atoms with Crippen LogP contribution >= 0.6 is 0 Å². The van der Waals surface area contributed by atoms with E-state index in [0.717, 1.165) is 18.4 Å². The predicted molar refractivity (Wildman–Crippen MR) is 119 cm³/mol. The average Bonchev–Trinajstić information content (AvgIpc) is 2.79. The number of nitrogens with one attached hydrogen (secondary N) is 2. The highest BCUT2D eigenvalue weighted by atomic mass is 16.5. The molecule has 0 saturated carbocycles. The number of ether oxygens (including phenoxy) is 1. The van der Waals surface area contributed by atoms with Crippen LogP contribution in [0.4, 0.5) is 5.69 Å². The van der Waals surface area contributed by atoms with Gasteiger partial charge in [0.15, 0.2) is 0 Å². The number of esters is 1. The number of hydrogen-bond acceptors (Lipinski definition) is 5. The Morgan fingerprint density at radius 2 is 1.90 bits per heavy atom. The maximum atomic E-state index is 12.6. The van der Waals surface area contributed by atoms with E-state index in [1.165, 1.54) is 30.2 Å². The van der Waals surface area contributed by atoms with E-state index in [-0.39, 0.29) is 23.8 Å². The number of amides is 1. The first-order valence-electron chi connectivity index (χ1n) is 10.6. The molecule has 6 heteroatoms. The second kappa shape index (κ2) is 10.4. The Morgan fingerprint density at radius 1 is 1.16 bits per heavy atom. The van der Waals surface area contributed by atoms with Crippen LogP contribution in [0.15, 0.2) is 54.2 Å². The summed E-state index contributed by atoms with van der Waals surface area (Å²) < 4.78 is 5.02. The largest absolute Gasteiger partial charge is 0.462 e. The zero-order valence-corrected chi connectivity index (χ0v) is 17.9. The number of nitriles is 1. The lowest BCUT2D eigenvalue weighted by molar-refractivity contribution is -0.112. The minimum Gasteiger partial charge on any atom is -0.462 e. The summed E-state index contributed by atoms with van der Waals surface area (Å²) in [4.78, 5) is 24.7. The summed E-state index contributed by atoms with van der Waals surface area (Å²) in [5, 5.41) is 15.2. The zero-order valence-electron chi connectivity index (χ0n) is 17.9. The molecule has 0 saturated heterocycles. The Labute approximate surface area is 182 Å². The highest BCUT2D eigenvalue weighted by Crippen LogP contribution is 2.25. The Balaban J connectivity index is 1.70. The highest BCUT2D eigenvalue weighted by Gasteiger charge is 2.17. The second-order valence-corrected chi connectivity index (χ2v) is 7.51. The highest BCUT2D eigenvalue weighted by molar-refractivity contribution is 6.09. The average molecular weight is 418 g/mol. The molecule has 0 bridgehead atoms. The summed E-state index contributed by atoms with van der Waals surface area (Å²) in [5.74, 6) is -1.12. The van der Waals surface area contributed by atoms with Crippen LogP contribution in [0.3, 0.4) is 0 Å². The molecule has 0 spiro atoms. The van der Waals surface area contributed by atoms with Crippen molar-refractivity contribution in [2.24, 2.45) is 0 Å². The van der Waals surface area contributed by atoms with Crippen molar-refractivity contribution in [3.63, 3.8) is 0 Å². The molecule has 2 aromatic carbocycles. The lowest BCUT2D eigenvalue weighted by Crippen LogP contribution is -2.20.